The molecule has 3 heterocycles. The van der Waals surface area contributed by atoms with E-state index in [1.807, 2.05) is 0 Å². The fourth-order valence-corrected chi connectivity index (χ4v) is 2.56. The summed E-state index contributed by atoms with van der Waals surface area (Å²) in [6.45, 7) is 0.205. The lowest BCUT2D eigenvalue weighted by Gasteiger charge is -2.05. The molecule has 4 rings (SSSR count). The Labute approximate surface area is 146 Å². The third kappa shape index (κ3) is 2.90. The van der Waals surface area contributed by atoms with E-state index in [4.69, 9.17) is 10.3 Å². The molecule has 7 nitrogen and oxygen atoms in total. The molecule has 0 aliphatic carbocycles. The molecular weight excluding hydrogens is 342 g/mol. The number of rotatable bonds is 4. The van der Waals surface area contributed by atoms with Gasteiger partial charge in [-0.1, -0.05) is 11.2 Å². The smallest absolute Gasteiger partial charge is 0.263 e. The zero-order valence-corrected chi connectivity index (χ0v) is 13.3. The first-order valence-electron chi connectivity index (χ1n) is 7.62. The Morgan fingerprint density at radius 3 is 2.65 bits per heavy atom. The summed E-state index contributed by atoms with van der Waals surface area (Å²) in [6.07, 6.45) is 4.92. The van der Waals surface area contributed by atoms with Crippen molar-refractivity contribution in [2.24, 2.45) is 0 Å². The number of aromatic nitrogens is 5. The van der Waals surface area contributed by atoms with Crippen LogP contribution in [0.5, 0.6) is 0 Å². The molecule has 2 N–H and O–H groups in total. The standard InChI is InChI=1S/C17H12F2N6O/c18-11-2-1-3-12(19)15(11)17-23-14(24-26-17)9-25-7-6-22-16(25)10-4-5-21-13(20)8-10/h1-8H,9H2,(H2,20,21). The van der Waals surface area contributed by atoms with Gasteiger partial charge in [0.2, 0.25) is 0 Å². The van der Waals surface area contributed by atoms with Crippen LogP contribution in [0, 0.1) is 11.6 Å². The van der Waals surface area contributed by atoms with Gasteiger partial charge in [0.15, 0.2) is 5.82 Å². The van der Waals surface area contributed by atoms with Gasteiger partial charge in [-0.3, -0.25) is 0 Å². The summed E-state index contributed by atoms with van der Waals surface area (Å²) >= 11 is 0. The lowest BCUT2D eigenvalue weighted by molar-refractivity contribution is 0.415. The molecule has 0 fully saturated rings. The molecule has 0 aliphatic heterocycles. The van der Waals surface area contributed by atoms with Gasteiger partial charge < -0.3 is 14.8 Å². The Kier molecular flexibility index (Phi) is 3.88. The summed E-state index contributed by atoms with van der Waals surface area (Å²) in [6, 6.07) is 6.98. The fraction of sp³-hybridized carbons (Fsp3) is 0.0588. The van der Waals surface area contributed by atoms with Crippen LogP contribution in [-0.2, 0) is 6.54 Å². The molecular formula is C17H12F2N6O. The Bertz CT molecular complexity index is 1050. The summed E-state index contributed by atoms with van der Waals surface area (Å²) in [5.74, 6) is -0.502. The number of nitrogen functional groups attached to an aromatic ring is 1. The molecule has 0 amide bonds. The summed E-state index contributed by atoms with van der Waals surface area (Å²) < 4.78 is 34.5. The Hall–Kier alpha value is -3.62. The van der Waals surface area contributed by atoms with Gasteiger partial charge >= 0.3 is 0 Å². The average Bonchev–Trinajstić information content (AvgIpc) is 3.25. The van der Waals surface area contributed by atoms with Gasteiger partial charge in [0.1, 0.15) is 28.8 Å². The molecule has 130 valence electrons. The number of imidazole rings is 1. The van der Waals surface area contributed by atoms with Crippen molar-refractivity contribution in [3.05, 3.63) is 66.4 Å². The minimum absolute atomic E-state index is 0.205. The summed E-state index contributed by atoms with van der Waals surface area (Å²) in [7, 11) is 0. The number of hydrogen-bond acceptors (Lipinski definition) is 6. The van der Waals surface area contributed by atoms with Gasteiger partial charge in [0.05, 0.1) is 6.54 Å². The van der Waals surface area contributed by atoms with Gasteiger partial charge in [-0.25, -0.2) is 18.7 Å². The van der Waals surface area contributed by atoms with Crippen LogP contribution in [0.3, 0.4) is 0 Å². The van der Waals surface area contributed by atoms with Crippen LogP contribution in [0.25, 0.3) is 22.8 Å². The predicted octanol–water partition coefficient (Wildman–Crippen LogP) is 2.90. The number of benzene rings is 1. The van der Waals surface area contributed by atoms with E-state index in [0.29, 0.717) is 11.6 Å². The van der Waals surface area contributed by atoms with Crippen molar-refractivity contribution < 1.29 is 13.3 Å². The largest absolute Gasteiger partial charge is 0.384 e. The molecule has 9 heteroatoms. The zero-order valence-electron chi connectivity index (χ0n) is 13.3. The maximum Gasteiger partial charge on any atom is 0.263 e. The van der Waals surface area contributed by atoms with Crippen LogP contribution >= 0.6 is 0 Å². The lowest BCUT2D eigenvalue weighted by atomic mass is 10.2. The molecule has 0 saturated carbocycles. The van der Waals surface area contributed by atoms with E-state index in [2.05, 4.69) is 20.1 Å². The topological polar surface area (TPSA) is 95.7 Å². The molecule has 0 unspecified atom stereocenters. The molecule has 4 aromatic rings. The van der Waals surface area contributed by atoms with Gasteiger partial charge in [0, 0.05) is 24.2 Å². The van der Waals surface area contributed by atoms with Crippen molar-refractivity contribution >= 4 is 5.82 Å². The minimum atomic E-state index is -0.768. The van der Waals surface area contributed by atoms with Crippen molar-refractivity contribution in [2.45, 2.75) is 6.54 Å². The van der Waals surface area contributed by atoms with E-state index < -0.39 is 11.6 Å². The highest BCUT2D eigenvalue weighted by molar-refractivity contribution is 5.59. The van der Waals surface area contributed by atoms with Crippen LogP contribution in [0.2, 0.25) is 0 Å². The second kappa shape index (κ2) is 6.36. The van der Waals surface area contributed by atoms with E-state index in [0.717, 1.165) is 17.7 Å². The molecule has 0 bridgehead atoms. The van der Waals surface area contributed by atoms with Gasteiger partial charge in [-0.05, 0) is 24.3 Å². The summed E-state index contributed by atoms with van der Waals surface area (Å²) in [4.78, 5) is 12.3. The summed E-state index contributed by atoms with van der Waals surface area (Å²) in [5.41, 5.74) is 6.13. The second-order valence-electron chi connectivity index (χ2n) is 5.46. The van der Waals surface area contributed by atoms with Gasteiger partial charge in [-0.2, -0.15) is 4.98 Å². The number of hydrogen-bond donors (Lipinski definition) is 1. The van der Waals surface area contributed by atoms with Crippen molar-refractivity contribution in [2.75, 3.05) is 5.73 Å². The van der Waals surface area contributed by atoms with Crippen molar-refractivity contribution in [1.29, 1.82) is 0 Å². The normalized spacial score (nSPS) is 11.0. The van der Waals surface area contributed by atoms with Crippen molar-refractivity contribution in [3.63, 3.8) is 0 Å². The molecule has 1 aromatic carbocycles. The van der Waals surface area contributed by atoms with Crippen LogP contribution in [0.1, 0.15) is 5.82 Å². The number of anilines is 1. The van der Waals surface area contributed by atoms with E-state index in [1.54, 1.807) is 35.3 Å². The van der Waals surface area contributed by atoms with Crippen molar-refractivity contribution in [1.82, 2.24) is 24.7 Å². The Morgan fingerprint density at radius 2 is 1.88 bits per heavy atom. The van der Waals surface area contributed by atoms with Gasteiger partial charge in [-0.15, -0.1) is 0 Å². The molecule has 26 heavy (non-hydrogen) atoms. The fourth-order valence-electron chi connectivity index (χ4n) is 2.56. The van der Waals surface area contributed by atoms with E-state index in [1.165, 1.54) is 6.07 Å². The molecule has 0 aliphatic rings. The highest BCUT2D eigenvalue weighted by Gasteiger charge is 2.18. The van der Waals surface area contributed by atoms with Gasteiger partial charge in [0.25, 0.3) is 5.89 Å². The maximum absolute atomic E-state index is 13.8. The monoisotopic (exact) mass is 354 g/mol. The zero-order chi connectivity index (χ0) is 18.1. The number of nitrogens with two attached hydrogens (primary N) is 1. The Balaban J connectivity index is 1.64. The quantitative estimate of drug-likeness (QED) is 0.605. The first-order valence-corrected chi connectivity index (χ1v) is 7.62. The Morgan fingerprint density at radius 1 is 1.08 bits per heavy atom. The van der Waals surface area contributed by atoms with Crippen molar-refractivity contribution in [3.8, 4) is 22.8 Å². The number of nitrogens with zero attached hydrogens (tertiary/aromatic N) is 5. The maximum atomic E-state index is 13.8. The highest BCUT2D eigenvalue weighted by atomic mass is 19.1. The first-order chi connectivity index (χ1) is 12.6. The lowest BCUT2D eigenvalue weighted by Crippen LogP contribution is -2.03. The summed E-state index contributed by atoms with van der Waals surface area (Å²) in [5, 5.41) is 3.80. The first kappa shape index (κ1) is 15.9. The van der Waals surface area contributed by atoms with Crippen LogP contribution in [0.4, 0.5) is 14.6 Å². The number of pyridine rings is 1. The number of halogens is 2. The van der Waals surface area contributed by atoms with E-state index in [9.17, 15) is 8.78 Å². The van der Waals surface area contributed by atoms with E-state index in [-0.39, 0.29) is 23.8 Å². The second-order valence-corrected chi connectivity index (χ2v) is 5.46. The molecule has 3 aromatic heterocycles. The SMILES string of the molecule is Nc1cc(-c2nccn2Cc2noc(-c3c(F)cccc3F)n2)ccn1. The van der Waals surface area contributed by atoms with E-state index >= 15 is 0 Å². The molecule has 0 radical (unpaired) electrons. The average molecular weight is 354 g/mol. The van der Waals surface area contributed by atoms with Crippen LogP contribution in [0.15, 0.2) is 53.4 Å². The third-order valence-electron chi connectivity index (χ3n) is 3.71. The third-order valence-corrected chi connectivity index (χ3v) is 3.71. The molecule has 0 saturated heterocycles. The highest BCUT2D eigenvalue weighted by Crippen LogP contribution is 2.25. The molecule has 0 spiro atoms. The predicted molar refractivity (Wildman–Crippen MR) is 88.6 cm³/mol. The van der Waals surface area contributed by atoms with Crippen LogP contribution < -0.4 is 5.73 Å². The molecule has 0 atom stereocenters. The van der Waals surface area contributed by atoms with Crippen LogP contribution in [-0.4, -0.2) is 24.7 Å². The minimum Gasteiger partial charge on any atom is -0.384 e.